The van der Waals surface area contributed by atoms with E-state index in [4.69, 9.17) is 0 Å². The molecule has 0 spiro atoms. The molecule has 0 aliphatic carbocycles. The minimum Gasteiger partial charge on any atom is -0.0680 e. The highest BCUT2D eigenvalue weighted by molar-refractivity contribution is 6.60. The maximum absolute atomic E-state index is 2.35. The topological polar surface area (TPSA) is 0 Å². The van der Waals surface area contributed by atoms with E-state index < -0.39 is 0 Å². The zero-order valence-electron chi connectivity index (χ0n) is 6.49. The quantitative estimate of drug-likeness (QED) is 0.514. The Labute approximate surface area is 54.9 Å². The minimum absolute atomic E-state index is 0.0597. The molecule has 0 aliphatic rings. The van der Waals surface area contributed by atoms with Crippen LogP contribution < -0.4 is 0 Å². The van der Waals surface area contributed by atoms with Crippen LogP contribution >= 0.6 is 0 Å². The molecule has 0 aromatic heterocycles. The Morgan fingerprint density at radius 3 is 1.50 bits per heavy atom. The number of hydrogen-bond donors (Lipinski definition) is 0. The van der Waals surface area contributed by atoms with Crippen LogP contribution in [0, 0.1) is 0 Å². The van der Waals surface area contributed by atoms with Crippen molar-refractivity contribution in [3.63, 3.8) is 0 Å². The standard InChI is InChI=1S/C7H17Si/c1-5-8(6-2)7(3)4/h7H,5-6H2,1-4H3. The van der Waals surface area contributed by atoms with Crippen LogP contribution in [0.5, 0.6) is 0 Å². The van der Waals surface area contributed by atoms with Crippen LogP contribution in [0.2, 0.25) is 17.6 Å². The molecule has 49 valence electrons. The Bertz CT molecular complexity index is 46.3. The van der Waals surface area contributed by atoms with E-state index in [1.165, 1.54) is 12.1 Å². The summed E-state index contributed by atoms with van der Waals surface area (Å²) in [7, 11) is 0.0597. The second-order valence-corrected chi connectivity index (χ2v) is 6.41. The average Bonchev–Trinajstić information content (AvgIpc) is 1.69. The van der Waals surface area contributed by atoms with Gasteiger partial charge in [-0.1, -0.05) is 45.3 Å². The molecule has 0 aromatic rings. The minimum atomic E-state index is 0.0597. The highest BCUT2D eigenvalue weighted by Crippen LogP contribution is 2.14. The molecule has 0 aromatic carbocycles. The van der Waals surface area contributed by atoms with Gasteiger partial charge in [-0.2, -0.15) is 0 Å². The van der Waals surface area contributed by atoms with E-state index in [0.717, 1.165) is 5.54 Å². The molecule has 1 heteroatoms. The second kappa shape index (κ2) is 4.13. The van der Waals surface area contributed by atoms with Crippen LogP contribution in [0.25, 0.3) is 0 Å². The second-order valence-electron chi connectivity index (χ2n) is 2.52. The van der Waals surface area contributed by atoms with Gasteiger partial charge in [0.25, 0.3) is 0 Å². The zero-order valence-corrected chi connectivity index (χ0v) is 7.49. The van der Waals surface area contributed by atoms with Crippen LogP contribution in [-0.4, -0.2) is 8.80 Å². The summed E-state index contributed by atoms with van der Waals surface area (Å²) in [4.78, 5) is 0. The molecule has 0 atom stereocenters. The van der Waals surface area contributed by atoms with Crippen LogP contribution in [0.15, 0.2) is 0 Å². The van der Waals surface area contributed by atoms with E-state index in [2.05, 4.69) is 27.7 Å². The maximum Gasteiger partial charge on any atom is 0.0501 e. The summed E-state index contributed by atoms with van der Waals surface area (Å²) < 4.78 is 0. The van der Waals surface area contributed by atoms with Crippen molar-refractivity contribution >= 4 is 8.80 Å². The zero-order chi connectivity index (χ0) is 6.57. The highest BCUT2D eigenvalue weighted by Gasteiger charge is 2.08. The van der Waals surface area contributed by atoms with Gasteiger partial charge in [-0.15, -0.1) is 0 Å². The van der Waals surface area contributed by atoms with Crippen molar-refractivity contribution in [2.75, 3.05) is 0 Å². The van der Waals surface area contributed by atoms with Gasteiger partial charge in [0.2, 0.25) is 0 Å². The van der Waals surface area contributed by atoms with Crippen molar-refractivity contribution in [2.45, 2.75) is 45.3 Å². The third-order valence-corrected chi connectivity index (χ3v) is 5.17. The van der Waals surface area contributed by atoms with Crippen LogP contribution in [0.3, 0.4) is 0 Å². The lowest BCUT2D eigenvalue weighted by Crippen LogP contribution is -2.12. The van der Waals surface area contributed by atoms with Crippen LogP contribution in [0.4, 0.5) is 0 Å². The molecule has 0 fully saturated rings. The fourth-order valence-corrected chi connectivity index (χ4v) is 3.20. The van der Waals surface area contributed by atoms with Crippen molar-refractivity contribution in [3.8, 4) is 0 Å². The van der Waals surface area contributed by atoms with Crippen molar-refractivity contribution < 1.29 is 0 Å². The van der Waals surface area contributed by atoms with Crippen LogP contribution in [0.1, 0.15) is 27.7 Å². The van der Waals surface area contributed by atoms with Crippen molar-refractivity contribution in [1.82, 2.24) is 0 Å². The van der Waals surface area contributed by atoms with Gasteiger partial charge in [-0.05, 0) is 0 Å². The van der Waals surface area contributed by atoms with Crippen molar-refractivity contribution in [3.05, 3.63) is 0 Å². The molecule has 0 rings (SSSR count). The summed E-state index contributed by atoms with van der Waals surface area (Å²) in [5.41, 5.74) is 0.981. The molecule has 1 radical (unpaired) electrons. The molecule has 0 bridgehead atoms. The summed E-state index contributed by atoms with van der Waals surface area (Å²) in [6.07, 6.45) is 0. The van der Waals surface area contributed by atoms with E-state index in [0.29, 0.717) is 0 Å². The van der Waals surface area contributed by atoms with Gasteiger partial charge in [0.1, 0.15) is 0 Å². The Morgan fingerprint density at radius 1 is 1.12 bits per heavy atom. The lowest BCUT2D eigenvalue weighted by molar-refractivity contribution is 1.00. The van der Waals surface area contributed by atoms with Crippen LogP contribution in [-0.2, 0) is 0 Å². The van der Waals surface area contributed by atoms with Gasteiger partial charge < -0.3 is 0 Å². The SMILES string of the molecule is CC[Si](CC)C(C)C. The first kappa shape index (κ1) is 8.22. The Morgan fingerprint density at radius 2 is 1.50 bits per heavy atom. The lowest BCUT2D eigenvalue weighted by atomic mass is 10.6. The summed E-state index contributed by atoms with van der Waals surface area (Å²) in [6, 6.07) is 2.89. The Kier molecular flexibility index (Phi) is 4.24. The molecule has 0 unspecified atom stereocenters. The molecule has 0 heterocycles. The Hall–Kier alpha value is 0.217. The fourth-order valence-electron chi connectivity index (χ4n) is 1.07. The average molecular weight is 129 g/mol. The number of hydrogen-bond acceptors (Lipinski definition) is 0. The van der Waals surface area contributed by atoms with Gasteiger partial charge in [-0.3, -0.25) is 0 Å². The molecule has 0 saturated heterocycles. The molecule has 0 nitrogen and oxygen atoms in total. The maximum atomic E-state index is 2.35. The largest absolute Gasteiger partial charge is 0.0680 e. The van der Waals surface area contributed by atoms with E-state index >= 15 is 0 Å². The third kappa shape index (κ3) is 2.51. The first-order valence-corrected chi connectivity index (χ1v) is 5.56. The fraction of sp³-hybridized carbons (Fsp3) is 1.00. The molecule has 0 saturated carbocycles. The Balaban J connectivity index is 3.35. The van der Waals surface area contributed by atoms with E-state index in [1.54, 1.807) is 0 Å². The van der Waals surface area contributed by atoms with Gasteiger partial charge in [0, 0.05) is 0 Å². The monoisotopic (exact) mass is 129 g/mol. The molecule has 8 heavy (non-hydrogen) atoms. The molecule has 0 aliphatic heterocycles. The van der Waals surface area contributed by atoms with Gasteiger partial charge in [-0.25, -0.2) is 0 Å². The molecule has 0 N–H and O–H groups in total. The molecular formula is C7H17Si. The third-order valence-electron chi connectivity index (χ3n) is 1.72. The van der Waals surface area contributed by atoms with E-state index in [9.17, 15) is 0 Å². The molecular weight excluding hydrogens is 112 g/mol. The predicted molar refractivity (Wildman–Crippen MR) is 41.8 cm³/mol. The number of rotatable bonds is 3. The van der Waals surface area contributed by atoms with E-state index in [1.807, 2.05) is 0 Å². The predicted octanol–water partition coefficient (Wildman–Crippen LogP) is 2.93. The van der Waals surface area contributed by atoms with Crippen molar-refractivity contribution in [2.24, 2.45) is 0 Å². The summed E-state index contributed by atoms with van der Waals surface area (Å²) in [5, 5.41) is 0. The summed E-state index contributed by atoms with van der Waals surface area (Å²) in [5.74, 6) is 0. The van der Waals surface area contributed by atoms with Gasteiger partial charge in [0.15, 0.2) is 0 Å². The highest BCUT2D eigenvalue weighted by atomic mass is 28.3. The first-order valence-electron chi connectivity index (χ1n) is 3.56. The smallest absolute Gasteiger partial charge is 0.0501 e. The van der Waals surface area contributed by atoms with Crippen molar-refractivity contribution in [1.29, 1.82) is 0 Å². The lowest BCUT2D eigenvalue weighted by Gasteiger charge is -2.12. The first-order chi connectivity index (χ1) is 3.72. The summed E-state index contributed by atoms with van der Waals surface area (Å²) in [6.45, 7) is 9.33. The van der Waals surface area contributed by atoms with Gasteiger partial charge >= 0.3 is 0 Å². The summed E-state index contributed by atoms with van der Waals surface area (Å²) >= 11 is 0. The molecule has 0 amide bonds. The van der Waals surface area contributed by atoms with Gasteiger partial charge in [0.05, 0.1) is 8.80 Å². The normalized spacial score (nSPS) is 11.2. The van der Waals surface area contributed by atoms with E-state index in [-0.39, 0.29) is 8.80 Å².